The van der Waals surface area contributed by atoms with Crippen molar-refractivity contribution in [2.45, 2.75) is 18.0 Å². The van der Waals surface area contributed by atoms with Crippen molar-refractivity contribution in [3.63, 3.8) is 0 Å². The van der Waals surface area contributed by atoms with Gasteiger partial charge in [0.1, 0.15) is 5.54 Å². The zero-order chi connectivity index (χ0) is 21.8. The Bertz CT molecular complexity index is 1080. The highest BCUT2D eigenvalue weighted by Crippen LogP contribution is 2.54. The van der Waals surface area contributed by atoms with E-state index in [9.17, 15) is 14.4 Å². The van der Waals surface area contributed by atoms with Gasteiger partial charge in [-0.2, -0.15) is 0 Å². The van der Waals surface area contributed by atoms with Crippen LogP contribution in [0.25, 0.3) is 0 Å². The molecule has 7 nitrogen and oxygen atoms in total. The molecule has 5 rings (SSSR count). The number of imide groups is 1. The second kappa shape index (κ2) is 7.44. The molecule has 8 heteroatoms. The minimum Gasteiger partial charge on any atom is -0.383 e. The fraction of sp³-hybridized carbons (Fsp3) is 0.348. The molecule has 0 saturated carbocycles. The molecule has 3 heterocycles. The van der Waals surface area contributed by atoms with E-state index >= 15 is 0 Å². The normalized spacial score (nSPS) is 28.9. The summed E-state index contributed by atoms with van der Waals surface area (Å²) in [7, 11) is 1.52. The lowest BCUT2D eigenvalue weighted by molar-refractivity contribution is -0.143. The van der Waals surface area contributed by atoms with Crippen molar-refractivity contribution in [3.8, 4) is 0 Å². The van der Waals surface area contributed by atoms with Gasteiger partial charge in [0, 0.05) is 18.7 Å². The summed E-state index contributed by atoms with van der Waals surface area (Å²) < 4.78 is 5.10. The van der Waals surface area contributed by atoms with Gasteiger partial charge in [-0.05, 0) is 18.1 Å². The molecule has 2 aromatic rings. The van der Waals surface area contributed by atoms with E-state index in [4.69, 9.17) is 16.3 Å². The molecule has 0 bridgehead atoms. The maximum Gasteiger partial charge on any atom is 0.250 e. The molecule has 0 unspecified atom stereocenters. The number of rotatable bonds is 5. The fourth-order valence-electron chi connectivity index (χ4n) is 5.30. The van der Waals surface area contributed by atoms with E-state index in [1.807, 2.05) is 30.3 Å². The van der Waals surface area contributed by atoms with E-state index in [0.717, 1.165) is 5.56 Å². The number of likely N-dealkylation sites (tertiary alicyclic amines) is 1. The SMILES string of the molecule is COCCN1C(=O)[C@@H]2[C@H](Cc3ccccc3)N[C@]3(C(=O)Nc4c(Cl)cccc43)[C@@H]2C1=O. The molecule has 0 aliphatic carbocycles. The Labute approximate surface area is 184 Å². The summed E-state index contributed by atoms with van der Waals surface area (Å²) in [4.78, 5) is 41.5. The van der Waals surface area contributed by atoms with Crippen molar-refractivity contribution < 1.29 is 19.1 Å². The third kappa shape index (κ3) is 2.84. The van der Waals surface area contributed by atoms with Crippen LogP contribution < -0.4 is 10.6 Å². The van der Waals surface area contributed by atoms with Crippen molar-refractivity contribution in [2.75, 3.05) is 25.6 Å². The zero-order valence-electron chi connectivity index (χ0n) is 16.9. The summed E-state index contributed by atoms with van der Waals surface area (Å²) >= 11 is 6.35. The second-order valence-electron chi connectivity index (χ2n) is 8.19. The van der Waals surface area contributed by atoms with Gasteiger partial charge in [-0.1, -0.05) is 54.1 Å². The van der Waals surface area contributed by atoms with Crippen LogP contribution in [0.2, 0.25) is 5.02 Å². The zero-order valence-corrected chi connectivity index (χ0v) is 17.7. The maximum absolute atomic E-state index is 13.5. The Kier molecular flexibility index (Phi) is 4.84. The first-order valence-corrected chi connectivity index (χ1v) is 10.6. The summed E-state index contributed by atoms with van der Waals surface area (Å²) in [5.41, 5.74) is 0.802. The van der Waals surface area contributed by atoms with E-state index < -0.39 is 17.4 Å². The average Bonchev–Trinajstić information content (AvgIpc) is 3.34. The summed E-state index contributed by atoms with van der Waals surface area (Å²) in [5.74, 6) is -2.46. The van der Waals surface area contributed by atoms with Gasteiger partial charge < -0.3 is 10.1 Å². The van der Waals surface area contributed by atoms with Gasteiger partial charge in [0.2, 0.25) is 17.7 Å². The first-order chi connectivity index (χ1) is 15.0. The van der Waals surface area contributed by atoms with Crippen LogP contribution in [0, 0.1) is 11.8 Å². The number of hydrogen-bond donors (Lipinski definition) is 2. The average molecular weight is 440 g/mol. The maximum atomic E-state index is 13.5. The van der Waals surface area contributed by atoms with Crippen LogP contribution >= 0.6 is 11.6 Å². The minimum atomic E-state index is -1.33. The van der Waals surface area contributed by atoms with Gasteiger partial charge >= 0.3 is 0 Å². The number of para-hydroxylation sites is 1. The number of ether oxygens (including phenoxy) is 1. The van der Waals surface area contributed by atoms with Crippen molar-refractivity contribution in [2.24, 2.45) is 11.8 Å². The molecule has 2 saturated heterocycles. The van der Waals surface area contributed by atoms with Crippen molar-refractivity contribution in [1.29, 1.82) is 0 Å². The number of anilines is 1. The number of nitrogens with zero attached hydrogens (tertiary/aromatic N) is 1. The Morgan fingerprint density at radius 3 is 2.58 bits per heavy atom. The Morgan fingerprint density at radius 1 is 1.06 bits per heavy atom. The van der Waals surface area contributed by atoms with Crippen LogP contribution in [-0.2, 0) is 31.1 Å². The molecule has 0 radical (unpaired) electrons. The van der Waals surface area contributed by atoms with E-state index in [2.05, 4.69) is 10.6 Å². The smallest absolute Gasteiger partial charge is 0.250 e. The number of hydrogen-bond acceptors (Lipinski definition) is 5. The number of carbonyl (C=O) groups is 3. The third-order valence-corrected chi connectivity index (χ3v) is 6.92. The molecule has 3 amide bonds. The predicted molar refractivity (Wildman–Crippen MR) is 114 cm³/mol. The first kappa shape index (κ1) is 20.2. The molecule has 3 aliphatic heterocycles. The predicted octanol–water partition coefficient (Wildman–Crippen LogP) is 1.95. The van der Waals surface area contributed by atoms with E-state index in [-0.39, 0.29) is 36.9 Å². The first-order valence-electron chi connectivity index (χ1n) is 10.2. The number of fused-ring (bicyclic) bond motifs is 4. The lowest BCUT2D eigenvalue weighted by Gasteiger charge is -2.29. The number of methoxy groups -OCH3 is 1. The van der Waals surface area contributed by atoms with Gasteiger partial charge in [0.15, 0.2) is 0 Å². The molecule has 4 atom stereocenters. The topological polar surface area (TPSA) is 87.7 Å². The lowest BCUT2D eigenvalue weighted by atomic mass is 9.76. The van der Waals surface area contributed by atoms with E-state index in [1.165, 1.54) is 12.0 Å². The van der Waals surface area contributed by atoms with E-state index in [1.54, 1.807) is 18.2 Å². The van der Waals surface area contributed by atoms with Crippen molar-refractivity contribution in [3.05, 3.63) is 64.7 Å². The molecular weight excluding hydrogens is 418 g/mol. The Hall–Kier alpha value is -2.74. The van der Waals surface area contributed by atoms with Gasteiger partial charge in [-0.3, -0.25) is 24.6 Å². The number of halogens is 1. The van der Waals surface area contributed by atoms with Crippen molar-refractivity contribution >= 4 is 35.0 Å². The highest BCUT2D eigenvalue weighted by molar-refractivity contribution is 6.35. The van der Waals surface area contributed by atoms with Gasteiger partial charge in [-0.25, -0.2) is 0 Å². The molecule has 2 aromatic carbocycles. The fourth-order valence-corrected chi connectivity index (χ4v) is 5.52. The Balaban J connectivity index is 1.62. The molecule has 3 aliphatic rings. The quantitative estimate of drug-likeness (QED) is 0.695. The van der Waals surface area contributed by atoms with Gasteiger partial charge in [0.25, 0.3) is 0 Å². The van der Waals surface area contributed by atoms with Crippen LogP contribution in [-0.4, -0.2) is 48.9 Å². The highest BCUT2D eigenvalue weighted by Gasteiger charge is 2.70. The Morgan fingerprint density at radius 2 is 1.84 bits per heavy atom. The van der Waals surface area contributed by atoms with Crippen LogP contribution in [0.1, 0.15) is 11.1 Å². The molecule has 0 aromatic heterocycles. The molecule has 31 heavy (non-hydrogen) atoms. The largest absolute Gasteiger partial charge is 0.383 e. The molecule has 1 spiro atoms. The van der Waals surface area contributed by atoms with Crippen LogP contribution in [0.5, 0.6) is 0 Å². The highest BCUT2D eigenvalue weighted by atomic mass is 35.5. The number of nitrogens with one attached hydrogen (secondary N) is 2. The molecular formula is C23H22ClN3O4. The monoisotopic (exact) mass is 439 g/mol. The van der Waals surface area contributed by atoms with Gasteiger partial charge in [0.05, 0.1) is 35.7 Å². The van der Waals surface area contributed by atoms with Crippen molar-refractivity contribution in [1.82, 2.24) is 10.2 Å². The summed E-state index contributed by atoms with van der Waals surface area (Å²) in [6.07, 6.45) is 0.518. The van der Waals surface area contributed by atoms with E-state index in [0.29, 0.717) is 22.7 Å². The summed E-state index contributed by atoms with van der Waals surface area (Å²) in [5, 5.41) is 6.67. The number of carbonyl (C=O) groups excluding carboxylic acids is 3. The van der Waals surface area contributed by atoms with Gasteiger partial charge in [-0.15, -0.1) is 0 Å². The lowest BCUT2D eigenvalue weighted by Crippen LogP contribution is -2.53. The minimum absolute atomic E-state index is 0.166. The third-order valence-electron chi connectivity index (χ3n) is 6.61. The summed E-state index contributed by atoms with van der Waals surface area (Å²) in [6.45, 7) is 0.411. The van der Waals surface area contributed by atoms with Crippen LogP contribution in [0.3, 0.4) is 0 Å². The van der Waals surface area contributed by atoms with Crippen LogP contribution in [0.4, 0.5) is 5.69 Å². The van der Waals surface area contributed by atoms with Crippen LogP contribution in [0.15, 0.2) is 48.5 Å². The molecule has 2 fully saturated rings. The number of amides is 3. The molecule has 160 valence electrons. The standard InChI is InChI=1S/C23H22ClN3O4/c1-31-11-10-27-20(28)17-16(12-13-6-3-2-4-7-13)26-23(18(17)21(27)29)14-8-5-9-15(24)19(14)25-22(23)30/h2-9,16-18,26H,10-12H2,1H3,(H,25,30)/t16-,17+,18-,23-/m0/s1. The number of benzene rings is 2. The summed E-state index contributed by atoms with van der Waals surface area (Å²) in [6, 6.07) is 14.6. The second-order valence-corrected chi connectivity index (χ2v) is 8.60. The molecule has 2 N–H and O–H groups in total.